The summed E-state index contributed by atoms with van der Waals surface area (Å²) in [5.41, 5.74) is 3.25. The van der Waals surface area contributed by atoms with Gasteiger partial charge in [-0.2, -0.15) is 0 Å². The first-order valence-corrected chi connectivity index (χ1v) is 8.26. The lowest BCUT2D eigenvalue weighted by molar-refractivity contribution is 0.415. The van der Waals surface area contributed by atoms with E-state index in [1.54, 1.807) is 19.6 Å². The van der Waals surface area contributed by atoms with E-state index in [0.717, 1.165) is 28.0 Å². The van der Waals surface area contributed by atoms with Crippen LogP contribution in [0.25, 0.3) is 16.6 Å². The van der Waals surface area contributed by atoms with Crippen LogP contribution in [0.15, 0.2) is 72.0 Å². The fraction of sp³-hybridized carbons (Fsp3) is 0.100. The number of fused-ring (bicyclic) bond motifs is 1. The zero-order valence-corrected chi connectivity index (χ0v) is 14.3. The monoisotopic (exact) mass is 346 g/mol. The van der Waals surface area contributed by atoms with Gasteiger partial charge >= 0.3 is 0 Å². The average Bonchev–Trinajstić information content (AvgIpc) is 3.21. The van der Waals surface area contributed by atoms with Gasteiger partial charge in [-0.1, -0.05) is 12.1 Å². The third-order valence-electron chi connectivity index (χ3n) is 4.28. The zero-order valence-electron chi connectivity index (χ0n) is 14.3. The quantitative estimate of drug-likeness (QED) is 0.581. The molecule has 130 valence electrons. The van der Waals surface area contributed by atoms with E-state index in [4.69, 9.17) is 4.74 Å². The van der Waals surface area contributed by atoms with Gasteiger partial charge in [-0.15, -0.1) is 0 Å². The highest BCUT2D eigenvalue weighted by atomic mass is 16.5. The third-order valence-corrected chi connectivity index (χ3v) is 4.28. The minimum Gasteiger partial charge on any atom is -0.497 e. The maximum atomic E-state index is 12.4. The molecule has 0 saturated carbocycles. The van der Waals surface area contributed by atoms with Gasteiger partial charge in [0.15, 0.2) is 0 Å². The summed E-state index contributed by atoms with van der Waals surface area (Å²) in [6, 6.07) is 15.4. The Bertz CT molecular complexity index is 1100. The lowest BCUT2D eigenvalue weighted by Crippen LogP contribution is -2.16. The maximum absolute atomic E-state index is 12.4. The van der Waals surface area contributed by atoms with E-state index in [9.17, 15) is 4.79 Å². The zero-order chi connectivity index (χ0) is 17.9. The smallest absolute Gasteiger partial charge is 0.253 e. The lowest BCUT2D eigenvalue weighted by Gasteiger charge is -2.12. The Morgan fingerprint density at radius 2 is 2.08 bits per heavy atom. The summed E-state index contributed by atoms with van der Waals surface area (Å²) in [6.45, 7) is 0.411. The highest BCUT2D eigenvalue weighted by Gasteiger charge is 2.07. The molecule has 0 unspecified atom stereocenters. The number of hydrogen-bond acceptors (Lipinski definition) is 4. The molecule has 0 aliphatic rings. The molecule has 6 nitrogen and oxygen atoms in total. The minimum atomic E-state index is -0.102. The van der Waals surface area contributed by atoms with Gasteiger partial charge in [-0.25, -0.2) is 4.98 Å². The number of hydrogen-bond donors (Lipinski definition) is 2. The molecule has 0 amide bonds. The van der Waals surface area contributed by atoms with Gasteiger partial charge in [0, 0.05) is 35.4 Å². The van der Waals surface area contributed by atoms with Crippen LogP contribution in [0.3, 0.4) is 0 Å². The normalized spacial score (nSPS) is 10.8. The van der Waals surface area contributed by atoms with Crippen molar-refractivity contribution in [1.29, 1.82) is 0 Å². The average molecular weight is 346 g/mol. The molecule has 0 radical (unpaired) electrons. The number of anilines is 1. The van der Waals surface area contributed by atoms with E-state index in [-0.39, 0.29) is 5.56 Å². The molecule has 2 aromatic heterocycles. The first kappa shape index (κ1) is 16.0. The molecule has 2 aromatic carbocycles. The Morgan fingerprint density at radius 3 is 2.88 bits per heavy atom. The van der Waals surface area contributed by atoms with Crippen LogP contribution in [0, 0.1) is 0 Å². The van der Waals surface area contributed by atoms with Gasteiger partial charge in [-0.05, 0) is 36.4 Å². The fourth-order valence-corrected chi connectivity index (χ4v) is 2.93. The number of pyridine rings is 1. The summed E-state index contributed by atoms with van der Waals surface area (Å²) in [7, 11) is 1.63. The summed E-state index contributed by atoms with van der Waals surface area (Å²) >= 11 is 0. The minimum absolute atomic E-state index is 0.102. The number of nitrogens with zero attached hydrogens (tertiary/aromatic N) is 2. The van der Waals surface area contributed by atoms with Crippen LogP contribution in [0.2, 0.25) is 0 Å². The summed E-state index contributed by atoms with van der Waals surface area (Å²) in [5.74, 6) is 0.758. The number of benzene rings is 2. The third kappa shape index (κ3) is 3.04. The van der Waals surface area contributed by atoms with Crippen LogP contribution in [-0.4, -0.2) is 21.6 Å². The number of rotatable bonds is 5. The number of H-pyrrole nitrogens is 1. The summed E-state index contributed by atoms with van der Waals surface area (Å²) < 4.78 is 7.19. The van der Waals surface area contributed by atoms with Crippen molar-refractivity contribution in [3.8, 4) is 11.4 Å². The molecule has 4 rings (SSSR count). The van der Waals surface area contributed by atoms with Gasteiger partial charge in [-0.3, -0.25) is 4.79 Å². The predicted molar refractivity (Wildman–Crippen MR) is 102 cm³/mol. The highest BCUT2D eigenvalue weighted by molar-refractivity contribution is 5.80. The molecule has 2 N–H and O–H groups in total. The standard InChI is InChI=1S/C20H18N4O2/c1-26-16-6-7-17-14(11-16)10-15(20(25)23-17)12-22-18-4-2-3-5-19(18)24-9-8-21-13-24/h2-11,13,22H,12H2,1H3,(H,23,25). The van der Waals surface area contributed by atoms with Crippen molar-refractivity contribution in [3.05, 3.63) is 83.2 Å². The van der Waals surface area contributed by atoms with E-state index in [0.29, 0.717) is 12.1 Å². The van der Waals surface area contributed by atoms with Crippen molar-refractivity contribution in [1.82, 2.24) is 14.5 Å². The van der Waals surface area contributed by atoms with Crippen molar-refractivity contribution in [3.63, 3.8) is 0 Å². The van der Waals surface area contributed by atoms with E-state index in [1.807, 2.05) is 59.3 Å². The van der Waals surface area contributed by atoms with E-state index in [2.05, 4.69) is 15.3 Å². The predicted octanol–water partition coefficient (Wildman–Crippen LogP) is 3.33. The molecule has 0 aliphatic carbocycles. The Balaban J connectivity index is 1.64. The van der Waals surface area contributed by atoms with E-state index in [1.165, 1.54) is 0 Å². The van der Waals surface area contributed by atoms with E-state index >= 15 is 0 Å². The molecular formula is C20H18N4O2. The van der Waals surface area contributed by atoms with Crippen molar-refractivity contribution >= 4 is 16.6 Å². The molecule has 0 saturated heterocycles. The Labute approximate surface area is 150 Å². The van der Waals surface area contributed by atoms with Crippen LogP contribution in [0.5, 0.6) is 5.75 Å². The number of para-hydroxylation sites is 2. The topological polar surface area (TPSA) is 71.9 Å². The molecule has 26 heavy (non-hydrogen) atoms. The second kappa shape index (κ2) is 6.76. The Hall–Kier alpha value is -3.54. The van der Waals surface area contributed by atoms with Crippen molar-refractivity contribution in [2.75, 3.05) is 12.4 Å². The number of ether oxygens (including phenoxy) is 1. The summed E-state index contributed by atoms with van der Waals surface area (Å²) in [5, 5.41) is 4.29. The Kier molecular flexibility index (Phi) is 4.15. The molecule has 0 bridgehead atoms. The first-order valence-electron chi connectivity index (χ1n) is 8.26. The number of imidazole rings is 1. The number of aromatic amines is 1. The van der Waals surface area contributed by atoms with Gasteiger partial charge < -0.3 is 19.6 Å². The second-order valence-electron chi connectivity index (χ2n) is 5.92. The first-order chi connectivity index (χ1) is 12.7. The molecule has 0 fully saturated rings. The molecule has 0 atom stereocenters. The van der Waals surface area contributed by atoms with Crippen molar-refractivity contribution in [2.45, 2.75) is 6.54 Å². The number of methoxy groups -OCH3 is 1. The van der Waals surface area contributed by atoms with Crippen LogP contribution >= 0.6 is 0 Å². The summed E-state index contributed by atoms with van der Waals surface area (Å²) in [4.78, 5) is 19.4. The molecule has 0 aliphatic heterocycles. The van der Waals surface area contributed by atoms with Crippen LogP contribution < -0.4 is 15.6 Å². The van der Waals surface area contributed by atoms with Crippen LogP contribution in [0.1, 0.15) is 5.56 Å². The fourth-order valence-electron chi connectivity index (χ4n) is 2.93. The van der Waals surface area contributed by atoms with Crippen LogP contribution in [-0.2, 0) is 6.54 Å². The molecule has 6 heteroatoms. The number of aromatic nitrogens is 3. The lowest BCUT2D eigenvalue weighted by atomic mass is 10.1. The SMILES string of the molecule is COc1ccc2[nH]c(=O)c(CNc3ccccc3-n3ccnc3)cc2c1. The molecular weight excluding hydrogens is 328 g/mol. The van der Waals surface area contributed by atoms with Crippen molar-refractivity contribution < 1.29 is 4.74 Å². The Morgan fingerprint density at radius 1 is 1.19 bits per heavy atom. The molecule has 0 spiro atoms. The molecule has 2 heterocycles. The van der Waals surface area contributed by atoms with Crippen molar-refractivity contribution in [2.24, 2.45) is 0 Å². The van der Waals surface area contributed by atoms with Gasteiger partial charge in [0.2, 0.25) is 0 Å². The molecule has 4 aromatic rings. The second-order valence-corrected chi connectivity index (χ2v) is 5.92. The van der Waals surface area contributed by atoms with Gasteiger partial charge in [0.1, 0.15) is 5.75 Å². The van der Waals surface area contributed by atoms with E-state index < -0.39 is 0 Å². The van der Waals surface area contributed by atoms with Crippen LogP contribution in [0.4, 0.5) is 5.69 Å². The highest BCUT2D eigenvalue weighted by Crippen LogP contribution is 2.21. The summed E-state index contributed by atoms with van der Waals surface area (Å²) in [6.07, 6.45) is 5.36. The largest absolute Gasteiger partial charge is 0.497 e. The van der Waals surface area contributed by atoms with Gasteiger partial charge in [0.05, 0.1) is 24.8 Å². The van der Waals surface area contributed by atoms with Gasteiger partial charge in [0.25, 0.3) is 5.56 Å². The number of nitrogens with one attached hydrogen (secondary N) is 2. The maximum Gasteiger partial charge on any atom is 0.253 e.